The van der Waals surface area contributed by atoms with Crippen molar-refractivity contribution in [2.75, 3.05) is 4.31 Å². The number of sulfonamides is 1. The lowest BCUT2D eigenvalue weighted by molar-refractivity contribution is 0.256. The number of anilines is 1. The number of rotatable bonds is 3. The van der Waals surface area contributed by atoms with Gasteiger partial charge < -0.3 is 5.73 Å². The molecule has 0 fully saturated rings. The second kappa shape index (κ2) is 5.30. The van der Waals surface area contributed by atoms with Crippen molar-refractivity contribution in [1.82, 2.24) is 4.98 Å². The summed E-state index contributed by atoms with van der Waals surface area (Å²) in [5, 5.41) is 0. The Hall–Kier alpha value is -2.41. The lowest BCUT2D eigenvalue weighted by Gasteiger charge is -2.19. The van der Waals surface area contributed by atoms with E-state index in [1.54, 1.807) is 24.3 Å². The van der Waals surface area contributed by atoms with E-state index in [1.165, 1.54) is 24.4 Å². The van der Waals surface area contributed by atoms with Gasteiger partial charge in [-0.05, 0) is 31.2 Å². The zero-order valence-electron chi connectivity index (χ0n) is 10.7. The zero-order valence-corrected chi connectivity index (χ0v) is 11.5. The molecule has 0 bridgehead atoms. The van der Waals surface area contributed by atoms with Gasteiger partial charge in [-0.1, -0.05) is 23.8 Å². The van der Waals surface area contributed by atoms with Crippen molar-refractivity contribution in [3.05, 3.63) is 54.2 Å². The molecule has 104 valence electrons. The van der Waals surface area contributed by atoms with E-state index in [2.05, 4.69) is 4.98 Å². The van der Waals surface area contributed by atoms with Crippen molar-refractivity contribution in [2.45, 2.75) is 11.8 Å². The van der Waals surface area contributed by atoms with Gasteiger partial charge in [-0.25, -0.2) is 18.2 Å². The average Bonchev–Trinajstić information content (AvgIpc) is 2.39. The normalized spacial score (nSPS) is 11.1. The number of nitrogens with zero attached hydrogens (tertiary/aromatic N) is 2. The minimum Gasteiger partial charge on any atom is -0.350 e. The molecular weight excluding hydrogens is 278 g/mol. The molecule has 0 unspecified atom stereocenters. The van der Waals surface area contributed by atoms with Gasteiger partial charge in [0.25, 0.3) is 10.0 Å². The first-order valence-corrected chi connectivity index (χ1v) is 7.19. The highest BCUT2D eigenvalue weighted by Gasteiger charge is 2.30. The van der Waals surface area contributed by atoms with Crippen LogP contribution in [0.25, 0.3) is 0 Å². The Morgan fingerprint density at radius 1 is 1.15 bits per heavy atom. The van der Waals surface area contributed by atoms with Gasteiger partial charge in [0, 0.05) is 6.20 Å². The minimum absolute atomic E-state index is 0.0208. The molecule has 0 aliphatic carbocycles. The van der Waals surface area contributed by atoms with Crippen LogP contribution in [-0.2, 0) is 10.0 Å². The van der Waals surface area contributed by atoms with Gasteiger partial charge in [-0.15, -0.1) is 0 Å². The van der Waals surface area contributed by atoms with Gasteiger partial charge in [0.05, 0.1) is 4.90 Å². The van der Waals surface area contributed by atoms with Crippen LogP contribution in [-0.4, -0.2) is 19.4 Å². The van der Waals surface area contributed by atoms with Gasteiger partial charge in [0.1, 0.15) is 0 Å². The first kappa shape index (κ1) is 14.0. The fourth-order valence-electron chi connectivity index (χ4n) is 1.64. The van der Waals surface area contributed by atoms with Crippen LogP contribution in [0.5, 0.6) is 0 Å². The number of pyridine rings is 1. The average molecular weight is 291 g/mol. The number of benzene rings is 1. The summed E-state index contributed by atoms with van der Waals surface area (Å²) in [7, 11) is -4.07. The van der Waals surface area contributed by atoms with E-state index in [-0.39, 0.29) is 10.7 Å². The molecule has 6 nitrogen and oxygen atoms in total. The summed E-state index contributed by atoms with van der Waals surface area (Å²) in [5.74, 6) is -0.0411. The van der Waals surface area contributed by atoms with Gasteiger partial charge in [0.2, 0.25) is 0 Å². The van der Waals surface area contributed by atoms with Crippen molar-refractivity contribution in [2.24, 2.45) is 5.73 Å². The number of amides is 2. The topological polar surface area (TPSA) is 93.4 Å². The highest BCUT2D eigenvalue weighted by molar-refractivity contribution is 7.93. The van der Waals surface area contributed by atoms with E-state index in [1.807, 2.05) is 6.92 Å². The number of carbonyl (C=O) groups excluding carboxylic acids is 1. The first-order chi connectivity index (χ1) is 9.43. The quantitative estimate of drug-likeness (QED) is 0.930. The molecule has 20 heavy (non-hydrogen) atoms. The molecule has 1 aromatic heterocycles. The maximum absolute atomic E-state index is 12.5. The van der Waals surface area contributed by atoms with Crippen molar-refractivity contribution in [3.63, 3.8) is 0 Å². The number of primary amides is 1. The van der Waals surface area contributed by atoms with Gasteiger partial charge in [-0.3, -0.25) is 0 Å². The Labute approximate surface area is 116 Å². The third-order valence-electron chi connectivity index (χ3n) is 2.62. The standard InChI is InChI=1S/C13H13N3O3S/c1-10-5-7-11(8-6-10)20(18,19)16(13(14)17)12-4-2-3-9-15-12/h2-9H,1H3,(H2,14,17). The summed E-state index contributed by atoms with van der Waals surface area (Å²) < 4.78 is 25.4. The molecule has 0 aliphatic rings. The molecule has 2 aromatic rings. The molecule has 1 heterocycles. The number of hydrogen-bond acceptors (Lipinski definition) is 4. The Kier molecular flexibility index (Phi) is 3.71. The summed E-state index contributed by atoms with van der Waals surface area (Å²) >= 11 is 0. The predicted octanol–water partition coefficient (Wildman–Crippen LogP) is 1.66. The Morgan fingerprint density at radius 3 is 2.30 bits per heavy atom. The monoisotopic (exact) mass is 291 g/mol. The molecule has 2 N–H and O–H groups in total. The lowest BCUT2D eigenvalue weighted by Crippen LogP contribution is -2.41. The molecule has 2 amide bonds. The Bertz CT molecular complexity index is 712. The highest BCUT2D eigenvalue weighted by Crippen LogP contribution is 2.21. The maximum Gasteiger partial charge on any atom is 0.334 e. The van der Waals surface area contributed by atoms with Crippen LogP contribution in [0.15, 0.2) is 53.6 Å². The van der Waals surface area contributed by atoms with Crippen LogP contribution in [0.1, 0.15) is 5.56 Å². The molecule has 0 saturated carbocycles. The van der Waals surface area contributed by atoms with Gasteiger partial charge >= 0.3 is 6.03 Å². The fourth-order valence-corrected chi connectivity index (χ4v) is 2.93. The van der Waals surface area contributed by atoms with Crippen LogP contribution >= 0.6 is 0 Å². The summed E-state index contributed by atoms with van der Waals surface area (Å²) in [5.41, 5.74) is 6.10. The highest BCUT2D eigenvalue weighted by atomic mass is 32.2. The molecule has 0 spiro atoms. The number of carbonyl (C=O) groups is 1. The molecule has 0 aliphatic heterocycles. The summed E-state index contributed by atoms with van der Waals surface area (Å²) in [6.45, 7) is 1.83. The Morgan fingerprint density at radius 2 is 1.80 bits per heavy atom. The van der Waals surface area contributed by atoms with Crippen LogP contribution in [0.4, 0.5) is 10.6 Å². The van der Waals surface area contributed by atoms with Crippen LogP contribution < -0.4 is 10.0 Å². The summed E-state index contributed by atoms with van der Waals surface area (Å²) in [6, 6.07) is 9.60. The molecule has 0 radical (unpaired) electrons. The maximum atomic E-state index is 12.5. The first-order valence-electron chi connectivity index (χ1n) is 5.75. The predicted molar refractivity (Wildman–Crippen MR) is 74.7 cm³/mol. The Balaban J connectivity index is 2.54. The minimum atomic E-state index is -4.07. The number of aromatic nitrogens is 1. The van der Waals surface area contributed by atoms with Crippen molar-refractivity contribution in [1.29, 1.82) is 0 Å². The van der Waals surface area contributed by atoms with E-state index in [9.17, 15) is 13.2 Å². The summed E-state index contributed by atoms with van der Waals surface area (Å²) in [4.78, 5) is 15.4. The van der Waals surface area contributed by atoms with E-state index >= 15 is 0 Å². The largest absolute Gasteiger partial charge is 0.350 e. The second-order valence-electron chi connectivity index (χ2n) is 4.11. The molecular formula is C13H13N3O3S. The lowest BCUT2D eigenvalue weighted by atomic mass is 10.2. The smallest absolute Gasteiger partial charge is 0.334 e. The number of nitrogens with two attached hydrogens (primary N) is 1. The number of aryl methyl sites for hydroxylation is 1. The molecule has 1 aromatic carbocycles. The molecule has 0 saturated heterocycles. The van der Waals surface area contributed by atoms with Gasteiger partial charge in [-0.2, -0.15) is 4.31 Å². The van der Waals surface area contributed by atoms with Crippen molar-refractivity contribution in [3.8, 4) is 0 Å². The van der Waals surface area contributed by atoms with E-state index in [0.717, 1.165) is 5.56 Å². The third-order valence-corrected chi connectivity index (χ3v) is 4.33. The van der Waals surface area contributed by atoms with Crippen LogP contribution in [0.2, 0.25) is 0 Å². The van der Waals surface area contributed by atoms with Crippen molar-refractivity contribution >= 4 is 21.9 Å². The van der Waals surface area contributed by atoms with Gasteiger partial charge in [0.15, 0.2) is 5.82 Å². The van der Waals surface area contributed by atoms with E-state index < -0.39 is 16.1 Å². The van der Waals surface area contributed by atoms with E-state index in [0.29, 0.717) is 4.31 Å². The van der Waals surface area contributed by atoms with Crippen LogP contribution in [0.3, 0.4) is 0 Å². The SMILES string of the molecule is Cc1ccc(S(=O)(=O)N(C(N)=O)c2ccccn2)cc1. The number of hydrogen-bond donors (Lipinski definition) is 1. The fraction of sp³-hybridized carbons (Fsp3) is 0.0769. The van der Waals surface area contributed by atoms with E-state index in [4.69, 9.17) is 5.73 Å². The number of urea groups is 1. The van der Waals surface area contributed by atoms with Crippen molar-refractivity contribution < 1.29 is 13.2 Å². The molecule has 2 rings (SSSR count). The summed E-state index contributed by atoms with van der Waals surface area (Å²) in [6.07, 6.45) is 1.38. The second-order valence-corrected chi connectivity index (χ2v) is 5.90. The third kappa shape index (κ3) is 2.62. The zero-order chi connectivity index (χ0) is 14.8. The van der Waals surface area contributed by atoms with Crippen LogP contribution in [0, 0.1) is 6.92 Å². The molecule has 0 atom stereocenters. The molecule has 7 heteroatoms.